The number of rotatable bonds is 0. The first kappa shape index (κ1) is 15.9. The third kappa shape index (κ3) is 10400. The van der Waals surface area contributed by atoms with Crippen LogP contribution in [-0.4, -0.2) is 38.3 Å². The molecule has 0 radical (unpaired) electrons. The first-order chi connectivity index (χ1) is 3.46. The van der Waals surface area contributed by atoms with Crippen LogP contribution in [0.3, 0.4) is 0 Å². The maximum atomic E-state index is 9.36. The molecule has 9 heavy (non-hydrogen) atoms. The van der Waals surface area contributed by atoms with Gasteiger partial charge in [-0.3, -0.25) is 0 Å². The lowest BCUT2D eigenvalue weighted by Gasteiger charge is -2.11. The van der Waals surface area contributed by atoms with Crippen molar-refractivity contribution in [2.24, 2.45) is 0 Å². The molecule has 0 atom stereocenters. The average Bonchev–Trinajstić information content (AvgIpc) is 1.25. The van der Waals surface area contributed by atoms with Crippen molar-refractivity contribution >= 4 is 0 Å². The Bertz CT molecular complexity index is 28.4. The second kappa shape index (κ2) is 10.8. The van der Waals surface area contributed by atoms with Crippen molar-refractivity contribution in [3.8, 4) is 0 Å². The van der Waals surface area contributed by atoms with Crippen molar-refractivity contribution in [2.75, 3.05) is 28.2 Å². The maximum Gasteiger partial charge on any atom is -0.0267 e. The van der Waals surface area contributed by atoms with Gasteiger partial charge in [0.05, 0.1) is 0 Å². The van der Waals surface area contributed by atoms with E-state index in [-0.39, 0.29) is 7.43 Å². The fourth-order valence-corrected chi connectivity index (χ4v) is 0. The van der Waals surface area contributed by atoms with Crippen molar-refractivity contribution in [2.45, 2.75) is 7.43 Å². The van der Waals surface area contributed by atoms with E-state index in [4.69, 9.17) is 0 Å². The molecule has 0 aliphatic rings. The van der Waals surface area contributed by atoms with E-state index in [0.717, 1.165) is 10.1 Å². The smallest absolute Gasteiger partial charge is 0.0267 e. The van der Waals surface area contributed by atoms with Gasteiger partial charge in [0.25, 0.3) is 0 Å². The Morgan fingerprint density at radius 1 is 0.778 bits per heavy atom. The van der Waals surface area contributed by atoms with Crippen LogP contribution in [-0.2, 0) is 0 Å². The molecule has 0 aliphatic heterocycles. The van der Waals surface area contributed by atoms with Crippen molar-refractivity contribution in [1.29, 1.82) is 0 Å². The van der Waals surface area contributed by atoms with E-state index >= 15 is 0 Å². The molecule has 0 rings (SSSR count). The van der Waals surface area contributed by atoms with Crippen molar-refractivity contribution < 1.29 is 0 Å². The van der Waals surface area contributed by atoms with Gasteiger partial charge < -0.3 is 20.5 Å². The fourth-order valence-electron chi connectivity index (χ4n) is 0. The highest BCUT2D eigenvalue weighted by molar-refractivity contribution is 4.27. The topological polar surface area (TPSA) is 52.6 Å². The first-order valence-electron chi connectivity index (χ1n) is 2.15. The molecule has 0 aromatic rings. The maximum absolute atomic E-state index is 9.36. The molecule has 0 saturated heterocycles. The Kier molecular flexibility index (Phi) is 19.0. The zero-order valence-electron chi connectivity index (χ0n) is 5.71. The highest BCUT2D eigenvalue weighted by Crippen LogP contribution is 1.52. The van der Waals surface area contributed by atoms with Crippen LogP contribution in [0.5, 0.6) is 0 Å². The largest absolute Gasteiger partial charge is 0.785 e. The Balaban J connectivity index is -0.0000000720. The predicted molar refractivity (Wildman–Crippen MR) is 40.8 cm³/mol. The van der Waals surface area contributed by atoms with Gasteiger partial charge in [-0.2, -0.15) is 0 Å². The molecule has 0 amide bonds. The third-order valence-corrected chi connectivity index (χ3v) is 0. The molecule has 0 N–H and O–H groups in total. The molecule has 0 aromatic heterocycles. The average molecular weight is 136 g/mol. The monoisotopic (exact) mass is 136 g/mol. The first-order valence-corrected chi connectivity index (χ1v) is 2.15. The SMILES string of the molecule is C.CN(C)[O-].CN(C)[O-]. The van der Waals surface area contributed by atoms with Gasteiger partial charge in [-0.1, -0.05) is 7.43 Å². The summed E-state index contributed by atoms with van der Waals surface area (Å²) in [4.78, 5) is 0. The molecule has 0 heterocycles. The number of hydrogen-bond acceptors (Lipinski definition) is 4. The second-order valence-corrected chi connectivity index (χ2v) is 1.62. The fraction of sp³-hybridized carbons (Fsp3) is 1.00. The highest BCUT2D eigenvalue weighted by Gasteiger charge is 1.44. The summed E-state index contributed by atoms with van der Waals surface area (Å²) in [7, 11) is 5.78. The summed E-state index contributed by atoms with van der Waals surface area (Å²) >= 11 is 0. The molecule has 0 bridgehead atoms. The number of hydroxylamine groups is 4. The molecule has 0 saturated carbocycles. The lowest BCUT2D eigenvalue weighted by atomic mass is 11.2. The standard InChI is InChI=1S/2C2H6NO.CH4/c2*1-3(2)4;/h2*1-2H3;1H4/q2*-1;. The van der Waals surface area contributed by atoms with E-state index in [1.165, 1.54) is 28.2 Å². The van der Waals surface area contributed by atoms with Gasteiger partial charge >= 0.3 is 0 Å². The minimum atomic E-state index is 0. The Hall–Kier alpha value is -0.160. The van der Waals surface area contributed by atoms with Crippen molar-refractivity contribution in [3.05, 3.63) is 10.4 Å². The highest BCUT2D eigenvalue weighted by atomic mass is 16.5. The van der Waals surface area contributed by atoms with E-state index in [1.54, 1.807) is 0 Å². The van der Waals surface area contributed by atoms with Crippen LogP contribution in [0.1, 0.15) is 7.43 Å². The van der Waals surface area contributed by atoms with Gasteiger partial charge in [-0.15, -0.1) is 0 Å². The predicted octanol–water partition coefficient (Wildman–Crippen LogP) is 0.728. The van der Waals surface area contributed by atoms with Crippen LogP contribution in [0, 0.1) is 10.4 Å². The summed E-state index contributed by atoms with van der Waals surface area (Å²) in [5.41, 5.74) is 0. The molecule has 0 unspecified atom stereocenters. The minimum absolute atomic E-state index is 0. The van der Waals surface area contributed by atoms with E-state index in [9.17, 15) is 10.4 Å². The van der Waals surface area contributed by atoms with Crippen molar-refractivity contribution in [1.82, 2.24) is 10.1 Å². The molecule has 0 aliphatic carbocycles. The van der Waals surface area contributed by atoms with Crippen LogP contribution in [0.15, 0.2) is 0 Å². The van der Waals surface area contributed by atoms with Crippen LogP contribution in [0.4, 0.5) is 0 Å². The van der Waals surface area contributed by atoms with Crippen molar-refractivity contribution in [3.63, 3.8) is 0 Å². The molecule has 0 spiro atoms. The Labute approximate surface area is 57.2 Å². The summed E-state index contributed by atoms with van der Waals surface area (Å²) in [6.45, 7) is 0. The minimum Gasteiger partial charge on any atom is -0.785 e. The van der Waals surface area contributed by atoms with Crippen LogP contribution in [0.25, 0.3) is 0 Å². The number of nitrogens with zero attached hydrogens (tertiary/aromatic N) is 2. The van der Waals surface area contributed by atoms with Gasteiger partial charge in [0.15, 0.2) is 0 Å². The van der Waals surface area contributed by atoms with E-state index in [1.807, 2.05) is 0 Å². The van der Waals surface area contributed by atoms with Gasteiger partial charge in [0.2, 0.25) is 0 Å². The summed E-state index contributed by atoms with van der Waals surface area (Å²) < 4.78 is 0. The summed E-state index contributed by atoms with van der Waals surface area (Å²) in [6.07, 6.45) is 0. The summed E-state index contributed by atoms with van der Waals surface area (Å²) in [5, 5.41) is 20.2. The van der Waals surface area contributed by atoms with E-state index in [2.05, 4.69) is 0 Å². The Morgan fingerprint density at radius 2 is 0.778 bits per heavy atom. The lowest BCUT2D eigenvalue weighted by molar-refractivity contribution is 0.568. The van der Waals surface area contributed by atoms with Crippen LogP contribution < -0.4 is 0 Å². The van der Waals surface area contributed by atoms with Gasteiger partial charge in [-0.05, 0) is 28.2 Å². The molecule has 4 heteroatoms. The second-order valence-electron chi connectivity index (χ2n) is 1.62. The van der Waals surface area contributed by atoms with Gasteiger partial charge in [0.1, 0.15) is 0 Å². The lowest BCUT2D eigenvalue weighted by Crippen LogP contribution is -1.96. The van der Waals surface area contributed by atoms with Crippen LogP contribution in [0.2, 0.25) is 0 Å². The van der Waals surface area contributed by atoms with Gasteiger partial charge in [-0.25, -0.2) is 0 Å². The zero-order chi connectivity index (χ0) is 7.15. The van der Waals surface area contributed by atoms with E-state index < -0.39 is 0 Å². The van der Waals surface area contributed by atoms with E-state index in [0.29, 0.717) is 0 Å². The molecule has 0 fully saturated rings. The normalized spacial score (nSPS) is 8.00. The third-order valence-electron chi connectivity index (χ3n) is 0. The molecule has 0 aromatic carbocycles. The quantitative estimate of drug-likeness (QED) is 0.460. The molecular formula is C5H16N2O2-2. The molecule has 60 valence electrons. The summed E-state index contributed by atoms with van der Waals surface area (Å²) in [5.74, 6) is 0. The Morgan fingerprint density at radius 3 is 0.778 bits per heavy atom. The van der Waals surface area contributed by atoms with Crippen LogP contribution >= 0.6 is 0 Å². The molecular weight excluding hydrogens is 120 g/mol. The summed E-state index contributed by atoms with van der Waals surface area (Å²) in [6, 6.07) is 0. The zero-order valence-corrected chi connectivity index (χ0v) is 5.71. The molecule has 4 nitrogen and oxygen atoms in total. The number of hydrogen-bond donors (Lipinski definition) is 0. The van der Waals surface area contributed by atoms with Gasteiger partial charge in [0, 0.05) is 0 Å².